The lowest BCUT2D eigenvalue weighted by Gasteiger charge is -2.17. The standard InChI is InChI=1S/C16H14Br2O2/c1-10-7-8-13(19)12(9-10)16(20)15(18)14(17)11-5-3-2-4-6-11/h2-9,14-15,19H,1H3. The van der Waals surface area contributed by atoms with Crippen molar-refractivity contribution in [3.8, 4) is 5.75 Å². The van der Waals surface area contributed by atoms with Crippen LogP contribution < -0.4 is 0 Å². The van der Waals surface area contributed by atoms with Crippen LogP contribution in [0.2, 0.25) is 0 Å². The molecule has 0 fully saturated rings. The van der Waals surface area contributed by atoms with Crippen molar-refractivity contribution in [3.63, 3.8) is 0 Å². The molecule has 0 amide bonds. The van der Waals surface area contributed by atoms with Gasteiger partial charge in [0.1, 0.15) is 5.75 Å². The van der Waals surface area contributed by atoms with E-state index < -0.39 is 4.83 Å². The molecular weight excluding hydrogens is 384 g/mol. The van der Waals surface area contributed by atoms with Gasteiger partial charge in [0.2, 0.25) is 0 Å². The van der Waals surface area contributed by atoms with Gasteiger partial charge in [-0.3, -0.25) is 4.79 Å². The molecule has 0 aromatic heterocycles. The number of alkyl halides is 2. The number of rotatable bonds is 4. The molecule has 2 aromatic carbocycles. The lowest BCUT2D eigenvalue weighted by molar-refractivity contribution is 0.0988. The van der Waals surface area contributed by atoms with Gasteiger partial charge in [0.05, 0.1) is 15.2 Å². The number of hydrogen-bond acceptors (Lipinski definition) is 2. The minimum absolute atomic E-state index is 0.0119. The molecule has 0 aliphatic heterocycles. The fourth-order valence-electron chi connectivity index (χ4n) is 1.93. The van der Waals surface area contributed by atoms with Crippen LogP contribution in [0.3, 0.4) is 0 Å². The molecule has 0 saturated carbocycles. The number of hydrogen-bond donors (Lipinski definition) is 1. The predicted octanol–water partition coefficient (Wildman–Crippen LogP) is 4.78. The minimum atomic E-state index is -0.447. The molecule has 0 saturated heterocycles. The molecule has 0 bridgehead atoms. The van der Waals surface area contributed by atoms with Crippen LogP contribution >= 0.6 is 31.9 Å². The van der Waals surface area contributed by atoms with Crippen LogP contribution in [0.15, 0.2) is 48.5 Å². The Morgan fingerprint density at radius 2 is 1.75 bits per heavy atom. The summed E-state index contributed by atoms with van der Waals surface area (Å²) in [6, 6.07) is 14.7. The SMILES string of the molecule is Cc1ccc(O)c(C(=O)C(Br)C(Br)c2ccccc2)c1. The van der Waals surface area contributed by atoms with Gasteiger partial charge in [0, 0.05) is 0 Å². The maximum Gasteiger partial charge on any atom is 0.181 e. The van der Waals surface area contributed by atoms with E-state index in [4.69, 9.17) is 0 Å². The second-order valence-electron chi connectivity index (χ2n) is 4.60. The zero-order valence-corrected chi connectivity index (χ0v) is 14.1. The number of carbonyl (C=O) groups is 1. The Morgan fingerprint density at radius 3 is 2.40 bits per heavy atom. The van der Waals surface area contributed by atoms with Crippen LogP contribution in [0, 0.1) is 6.92 Å². The molecule has 0 radical (unpaired) electrons. The molecule has 2 unspecified atom stereocenters. The molecule has 0 aliphatic carbocycles. The fourth-order valence-corrected chi connectivity index (χ4v) is 3.03. The van der Waals surface area contributed by atoms with Gasteiger partial charge >= 0.3 is 0 Å². The Morgan fingerprint density at radius 1 is 1.10 bits per heavy atom. The van der Waals surface area contributed by atoms with E-state index in [2.05, 4.69) is 31.9 Å². The largest absolute Gasteiger partial charge is 0.507 e. The molecule has 2 rings (SSSR count). The van der Waals surface area contributed by atoms with Crippen LogP contribution in [0.5, 0.6) is 5.75 Å². The highest BCUT2D eigenvalue weighted by Crippen LogP contribution is 2.34. The molecule has 0 heterocycles. The first-order valence-electron chi connectivity index (χ1n) is 6.17. The van der Waals surface area contributed by atoms with E-state index >= 15 is 0 Å². The lowest BCUT2D eigenvalue weighted by Crippen LogP contribution is -2.19. The monoisotopic (exact) mass is 396 g/mol. The Balaban J connectivity index is 2.27. The highest BCUT2D eigenvalue weighted by molar-refractivity contribution is 9.12. The Kier molecular flexibility index (Phi) is 5.00. The molecular formula is C16H14Br2O2. The van der Waals surface area contributed by atoms with Crippen molar-refractivity contribution in [2.75, 3.05) is 0 Å². The Labute approximate surface area is 135 Å². The van der Waals surface area contributed by atoms with Crippen molar-refractivity contribution in [3.05, 3.63) is 65.2 Å². The summed E-state index contributed by atoms with van der Waals surface area (Å²) in [5.41, 5.74) is 2.29. The van der Waals surface area contributed by atoms with Crippen LogP contribution in [0.1, 0.15) is 26.3 Å². The molecule has 104 valence electrons. The molecule has 4 heteroatoms. The van der Waals surface area contributed by atoms with Crippen molar-refractivity contribution in [2.24, 2.45) is 0 Å². The molecule has 20 heavy (non-hydrogen) atoms. The van der Waals surface area contributed by atoms with Gasteiger partial charge in [-0.15, -0.1) is 0 Å². The van der Waals surface area contributed by atoms with E-state index in [9.17, 15) is 9.90 Å². The number of phenols is 1. The number of carbonyl (C=O) groups excluding carboxylic acids is 1. The van der Waals surface area contributed by atoms with Crippen LogP contribution in [0.4, 0.5) is 0 Å². The molecule has 2 nitrogen and oxygen atoms in total. The second kappa shape index (κ2) is 6.55. The summed E-state index contributed by atoms with van der Waals surface area (Å²) in [6.45, 7) is 1.89. The lowest BCUT2D eigenvalue weighted by atomic mass is 10.0. The molecule has 2 aromatic rings. The normalized spacial score (nSPS) is 13.8. The van der Waals surface area contributed by atoms with E-state index in [1.54, 1.807) is 18.2 Å². The fraction of sp³-hybridized carbons (Fsp3) is 0.188. The van der Waals surface area contributed by atoms with Gasteiger partial charge in [-0.1, -0.05) is 73.8 Å². The van der Waals surface area contributed by atoms with Gasteiger partial charge in [0.25, 0.3) is 0 Å². The van der Waals surface area contributed by atoms with E-state index in [0.717, 1.165) is 11.1 Å². The first kappa shape index (κ1) is 15.3. The van der Waals surface area contributed by atoms with Gasteiger partial charge in [-0.25, -0.2) is 0 Å². The molecule has 1 N–H and O–H groups in total. The minimum Gasteiger partial charge on any atom is -0.507 e. The summed E-state index contributed by atoms with van der Waals surface area (Å²) in [7, 11) is 0. The van der Waals surface area contributed by atoms with E-state index in [0.29, 0.717) is 5.56 Å². The molecule has 0 spiro atoms. The topological polar surface area (TPSA) is 37.3 Å². The van der Waals surface area contributed by atoms with E-state index in [1.807, 2.05) is 37.3 Å². The number of aryl methyl sites for hydroxylation is 1. The summed E-state index contributed by atoms with van der Waals surface area (Å²) in [5, 5.41) is 9.85. The summed E-state index contributed by atoms with van der Waals surface area (Å²) in [4.78, 5) is 11.9. The van der Waals surface area contributed by atoms with Crippen molar-refractivity contribution in [1.29, 1.82) is 0 Å². The van der Waals surface area contributed by atoms with Crippen LogP contribution in [-0.4, -0.2) is 15.7 Å². The average molecular weight is 398 g/mol. The smallest absolute Gasteiger partial charge is 0.181 e. The zero-order valence-electron chi connectivity index (χ0n) is 10.9. The van der Waals surface area contributed by atoms with Gasteiger partial charge in [0.15, 0.2) is 5.78 Å². The predicted molar refractivity (Wildman–Crippen MR) is 88.0 cm³/mol. The average Bonchev–Trinajstić information content (AvgIpc) is 2.48. The highest BCUT2D eigenvalue weighted by atomic mass is 79.9. The summed E-state index contributed by atoms with van der Waals surface area (Å²) in [5.74, 6) is -0.130. The van der Waals surface area contributed by atoms with Gasteiger partial charge in [-0.2, -0.15) is 0 Å². The third-order valence-electron chi connectivity index (χ3n) is 3.04. The first-order valence-corrected chi connectivity index (χ1v) is 8.00. The number of ketones is 1. The van der Waals surface area contributed by atoms with Crippen LogP contribution in [0.25, 0.3) is 0 Å². The quantitative estimate of drug-likeness (QED) is 0.595. The number of benzene rings is 2. The second-order valence-corrected chi connectivity index (χ2v) is 6.57. The maximum atomic E-state index is 12.5. The zero-order chi connectivity index (χ0) is 14.7. The third-order valence-corrected chi connectivity index (χ3v) is 5.75. The highest BCUT2D eigenvalue weighted by Gasteiger charge is 2.27. The van der Waals surface area contributed by atoms with E-state index in [-0.39, 0.29) is 16.4 Å². The number of phenolic OH excluding ortho intramolecular Hbond substituents is 1. The summed E-state index contributed by atoms with van der Waals surface area (Å²) < 4.78 is 0. The number of Topliss-reactive ketones (excluding diaryl/α,β-unsaturated/α-hetero) is 1. The summed E-state index contributed by atoms with van der Waals surface area (Å²) in [6.07, 6.45) is 0. The van der Waals surface area contributed by atoms with Gasteiger partial charge < -0.3 is 5.11 Å². The first-order chi connectivity index (χ1) is 9.50. The van der Waals surface area contributed by atoms with Crippen LogP contribution in [-0.2, 0) is 0 Å². The number of aromatic hydroxyl groups is 1. The van der Waals surface area contributed by atoms with Crippen molar-refractivity contribution < 1.29 is 9.90 Å². The molecule has 2 atom stereocenters. The number of halogens is 2. The maximum absolute atomic E-state index is 12.5. The van der Waals surface area contributed by atoms with Crippen molar-refractivity contribution in [2.45, 2.75) is 16.6 Å². The molecule has 0 aliphatic rings. The third kappa shape index (κ3) is 3.30. The van der Waals surface area contributed by atoms with E-state index in [1.165, 1.54) is 0 Å². The van der Waals surface area contributed by atoms with Crippen molar-refractivity contribution >= 4 is 37.6 Å². The Bertz CT molecular complexity index is 611. The summed E-state index contributed by atoms with van der Waals surface area (Å²) >= 11 is 6.98. The van der Waals surface area contributed by atoms with Gasteiger partial charge in [-0.05, 0) is 24.6 Å². The van der Waals surface area contributed by atoms with Crippen molar-refractivity contribution in [1.82, 2.24) is 0 Å². The Hall–Kier alpha value is -1.13.